The molecule has 0 unspecified atom stereocenters. The van der Waals surface area contributed by atoms with Gasteiger partial charge in [-0.1, -0.05) is 53.7 Å². The van der Waals surface area contributed by atoms with Crippen molar-refractivity contribution < 1.29 is 13.9 Å². The fourth-order valence-corrected chi connectivity index (χ4v) is 4.04. The summed E-state index contributed by atoms with van der Waals surface area (Å²) in [6.45, 7) is 0.0512. The lowest BCUT2D eigenvalue weighted by molar-refractivity contribution is 0.104. The topological polar surface area (TPSA) is 26.3 Å². The van der Waals surface area contributed by atoms with Crippen molar-refractivity contribution in [3.05, 3.63) is 99.2 Å². The zero-order valence-corrected chi connectivity index (χ0v) is 15.7. The van der Waals surface area contributed by atoms with Gasteiger partial charge in [-0.25, -0.2) is 4.39 Å². The van der Waals surface area contributed by atoms with Crippen molar-refractivity contribution in [3.63, 3.8) is 0 Å². The molecule has 0 aliphatic carbocycles. The molecule has 0 saturated carbocycles. The molecule has 0 fully saturated rings. The molecule has 0 atom stereocenters. The molecule has 4 rings (SSSR count). The molecule has 0 N–H and O–H groups in total. The van der Waals surface area contributed by atoms with E-state index in [1.807, 2.05) is 42.5 Å². The van der Waals surface area contributed by atoms with Crippen molar-refractivity contribution in [2.75, 3.05) is 0 Å². The number of ether oxygens (including phenoxy) is 1. The normalized spacial score (nSPS) is 14.4. The van der Waals surface area contributed by atoms with Gasteiger partial charge >= 0.3 is 0 Å². The number of rotatable bonds is 4. The van der Waals surface area contributed by atoms with E-state index in [2.05, 4.69) is 0 Å². The van der Waals surface area contributed by atoms with Crippen LogP contribution in [0.1, 0.15) is 21.5 Å². The van der Waals surface area contributed by atoms with Gasteiger partial charge in [0.05, 0.1) is 9.93 Å². The fraction of sp³-hybridized carbons (Fsp3) is 0.0455. The van der Waals surface area contributed by atoms with Gasteiger partial charge in [-0.3, -0.25) is 4.79 Å². The summed E-state index contributed by atoms with van der Waals surface area (Å²) in [6.07, 6.45) is 1.87. The van der Waals surface area contributed by atoms with Crippen molar-refractivity contribution in [2.24, 2.45) is 0 Å². The molecule has 2 nitrogen and oxygen atoms in total. The number of fused-ring (bicyclic) bond motifs is 1. The summed E-state index contributed by atoms with van der Waals surface area (Å²) in [6, 6.07) is 19.4. The van der Waals surface area contributed by atoms with Gasteiger partial charge in [-0.05, 0) is 48.0 Å². The molecule has 3 aromatic rings. The van der Waals surface area contributed by atoms with E-state index in [9.17, 15) is 9.18 Å². The Morgan fingerprint density at radius 2 is 1.78 bits per heavy atom. The Bertz CT molecular complexity index is 1020. The van der Waals surface area contributed by atoms with Gasteiger partial charge in [0.15, 0.2) is 0 Å². The van der Waals surface area contributed by atoms with Gasteiger partial charge in [0.1, 0.15) is 18.2 Å². The zero-order valence-electron chi connectivity index (χ0n) is 14.1. The first-order valence-corrected chi connectivity index (χ1v) is 9.50. The molecule has 1 aliphatic rings. The van der Waals surface area contributed by atoms with Crippen LogP contribution in [-0.2, 0) is 6.61 Å². The van der Waals surface area contributed by atoms with Crippen LogP contribution in [-0.4, -0.2) is 5.78 Å². The van der Waals surface area contributed by atoms with E-state index in [1.54, 1.807) is 24.3 Å². The maximum atomic E-state index is 13.8. The van der Waals surface area contributed by atoms with E-state index in [-0.39, 0.29) is 18.2 Å². The maximum absolute atomic E-state index is 13.8. The molecule has 27 heavy (non-hydrogen) atoms. The summed E-state index contributed by atoms with van der Waals surface area (Å²) in [5.74, 6) is 0.260. The fourth-order valence-electron chi connectivity index (χ4n) is 2.77. The number of ketones is 1. The quantitative estimate of drug-likeness (QED) is 0.478. The van der Waals surface area contributed by atoms with E-state index in [0.717, 1.165) is 16.0 Å². The molecule has 5 heteroatoms. The van der Waals surface area contributed by atoms with E-state index in [1.165, 1.54) is 17.8 Å². The third-order valence-electron chi connectivity index (χ3n) is 4.20. The highest BCUT2D eigenvalue weighted by atomic mass is 35.5. The van der Waals surface area contributed by atoms with Gasteiger partial charge in [0, 0.05) is 16.0 Å². The lowest BCUT2D eigenvalue weighted by Gasteiger charge is -2.09. The second-order valence-electron chi connectivity index (χ2n) is 5.99. The highest BCUT2D eigenvalue weighted by Crippen LogP contribution is 2.40. The third-order valence-corrected chi connectivity index (χ3v) is 5.65. The van der Waals surface area contributed by atoms with E-state index < -0.39 is 0 Å². The largest absolute Gasteiger partial charge is 0.489 e. The van der Waals surface area contributed by atoms with Crippen LogP contribution in [0.4, 0.5) is 4.39 Å². The molecular weight excluding hydrogens is 383 g/mol. The predicted octanol–water partition coefficient (Wildman–Crippen LogP) is 6.39. The number of thioether (sulfide) groups is 1. The lowest BCUT2D eigenvalue weighted by atomic mass is 10.1. The summed E-state index contributed by atoms with van der Waals surface area (Å²) in [5.41, 5.74) is 1.97. The molecule has 0 radical (unpaired) electrons. The maximum Gasteiger partial charge on any atom is 0.200 e. The van der Waals surface area contributed by atoms with Crippen molar-refractivity contribution in [3.8, 4) is 5.75 Å². The van der Waals surface area contributed by atoms with Crippen molar-refractivity contribution in [2.45, 2.75) is 11.5 Å². The molecule has 1 heterocycles. The Balaban J connectivity index is 1.46. The smallest absolute Gasteiger partial charge is 0.200 e. The summed E-state index contributed by atoms with van der Waals surface area (Å²) >= 11 is 7.48. The van der Waals surface area contributed by atoms with Gasteiger partial charge in [-0.15, -0.1) is 0 Å². The van der Waals surface area contributed by atoms with E-state index in [4.69, 9.17) is 16.3 Å². The average Bonchev–Trinajstić information content (AvgIpc) is 2.99. The average molecular weight is 397 g/mol. The number of hydrogen-bond donors (Lipinski definition) is 0. The minimum Gasteiger partial charge on any atom is -0.489 e. The Labute approximate surface area is 165 Å². The molecule has 134 valence electrons. The third kappa shape index (κ3) is 3.77. The van der Waals surface area contributed by atoms with E-state index in [0.29, 0.717) is 21.2 Å². The Hall–Kier alpha value is -2.56. The second kappa shape index (κ2) is 7.59. The summed E-state index contributed by atoms with van der Waals surface area (Å²) < 4.78 is 19.4. The molecular formula is C22H14ClFO2S. The summed E-state index contributed by atoms with van der Waals surface area (Å²) in [7, 11) is 0. The van der Waals surface area contributed by atoms with E-state index >= 15 is 0 Å². The number of benzene rings is 3. The molecule has 0 saturated heterocycles. The molecule has 1 aliphatic heterocycles. The van der Waals surface area contributed by atoms with Crippen LogP contribution in [0.5, 0.6) is 5.75 Å². The monoisotopic (exact) mass is 396 g/mol. The van der Waals surface area contributed by atoms with Gasteiger partial charge < -0.3 is 4.74 Å². The van der Waals surface area contributed by atoms with Crippen LogP contribution in [0.15, 0.2) is 76.5 Å². The first kappa shape index (κ1) is 17.8. The lowest BCUT2D eigenvalue weighted by Crippen LogP contribution is -1.99. The van der Waals surface area contributed by atoms with Gasteiger partial charge in [0.2, 0.25) is 5.78 Å². The Morgan fingerprint density at radius 3 is 2.52 bits per heavy atom. The highest BCUT2D eigenvalue weighted by molar-refractivity contribution is 8.04. The highest BCUT2D eigenvalue weighted by Gasteiger charge is 2.24. The molecule has 0 amide bonds. The van der Waals surface area contributed by atoms with Crippen molar-refractivity contribution >= 4 is 35.2 Å². The standard InChI is InChI=1S/C22H14ClFO2S/c23-18-5-3-6-19(24)17(18)13-26-15-10-8-14(9-11-15)12-21-22(25)16-4-1-2-7-20(16)27-21/h1-12H,13H2. The number of halogens is 2. The Kier molecular flexibility index (Phi) is 5.01. The first-order chi connectivity index (χ1) is 13.1. The minimum absolute atomic E-state index is 0.0464. The SMILES string of the molecule is O=C1C(=Cc2ccc(OCc3c(F)cccc3Cl)cc2)Sc2ccccc21. The van der Waals surface area contributed by atoms with Crippen LogP contribution in [0.3, 0.4) is 0 Å². The van der Waals surface area contributed by atoms with Crippen LogP contribution in [0, 0.1) is 5.82 Å². The van der Waals surface area contributed by atoms with Crippen molar-refractivity contribution in [1.82, 2.24) is 0 Å². The Morgan fingerprint density at radius 1 is 1.00 bits per heavy atom. The number of carbonyl (C=O) groups is 1. The van der Waals surface area contributed by atoms with Gasteiger partial charge in [0.25, 0.3) is 0 Å². The van der Waals surface area contributed by atoms with Gasteiger partial charge in [-0.2, -0.15) is 0 Å². The summed E-state index contributed by atoms with van der Waals surface area (Å²) in [5, 5.41) is 0.340. The molecule has 0 bridgehead atoms. The number of Topliss-reactive ketones (excluding diaryl/α,β-unsaturated/α-hetero) is 1. The molecule has 0 spiro atoms. The van der Waals surface area contributed by atoms with Crippen LogP contribution >= 0.6 is 23.4 Å². The van der Waals surface area contributed by atoms with Crippen LogP contribution in [0.2, 0.25) is 5.02 Å². The van der Waals surface area contributed by atoms with Crippen molar-refractivity contribution in [1.29, 1.82) is 0 Å². The summed E-state index contributed by atoms with van der Waals surface area (Å²) in [4.78, 5) is 14.1. The number of carbonyl (C=O) groups excluding carboxylic acids is 1. The first-order valence-electron chi connectivity index (χ1n) is 8.31. The molecule has 3 aromatic carbocycles. The van der Waals surface area contributed by atoms with Crippen LogP contribution in [0.25, 0.3) is 6.08 Å². The number of hydrogen-bond acceptors (Lipinski definition) is 3. The zero-order chi connectivity index (χ0) is 18.8. The predicted molar refractivity (Wildman–Crippen MR) is 107 cm³/mol. The number of allylic oxidation sites excluding steroid dienone is 1. The second-order valence-corrected chi connectivity index (χ2v) is 7.48. The van der Waals surface area contributed by atoms with Crippen LogP contribution < -0.4 is 4.74 Å². The molecule has 0 aromatic heterocycles. The minimum atomic E-state index is -0.389.